The summed E-state index contributed by atoms with van der Waals surface area (Å²) in [7, 11) is 0. The van der Waals surface area contributed by atoms with E-state index in [1.165, 1.54) is 22.3 Å². The van der Waals surface area contributed by atoms with Crippen LogP contribution >= 0.6 is 0 Å². The maximum atomic E-state index is 8.92. The van der Waals surface area contributed by atoms with E-state index in [1.807, 2.05) is 24.3 Å². The number of hydrogen-bond acceptors (Lipinski definition) is 3. The van der Waals surface area contributed by atoms with E-state index < -0.39 is 0 Å². The number of nitriles is 1. The van der Waals surface area contributed by atoms with Crippen LogP contribution in [0.25, 0.3) is 0 Å². The normalized spacial score (nSPS) is 16.2. The quantitative estimate of drug-likeness (QED) is 0.620. The van der Waals surface area contributed by atoms with Gasteiger partial charge in [-0.15, -0.1) is 0 Å². The van der Waals surface area contributed by atoms with Crippen molar-refractivity contribution in [2.75, 3.05) is 13.1 Å². The Morgan fingerprint density at radius 2 is 1.59 bits per heavy atom. The Morgan fingerprint density at radius 1 is 0.862 bits per heavy atom. The Balaban J connectivity index is 1.37. The van der Waals surface area contributed by atoms with Crippen LogP contribution in [0.4, 0.5) is 0 Å². The van der Waals surface area contributed by atoms with Crippen LogP contribution in [0.2, 0.25) is 0 Å². The summed E-state index contributed by atoms with van der Waals surface area (Å²) in [4.78, 5) is 2.63. The lowest BCUT2D eigenvalue weighted by atomic mass is 9.90. The van der Waals surface area contributed by atoms with Crippen molar-refractivity contribution in [1.29, 1.82) is 5.26 Å². The van der Waals surface area contributed by atoms with Gasteiger partial charge in [0.2, 0.25) is 0 Å². The van der Waals surface area contributed by atoms with Gasteiger partial charge in [-0.3, -0.25) is 4.90 Å². The molecule has 29 heavy (non-hydrogen) atoms. The van der Waals surface area contributed by atoms with Gasteiger partial charge in [-0.25, -0.2) is 0 Å². The standard InChI is InChI=1S/C26H27N3/c27-18-22-10-12-23(13-11-22)19-28-14-15-29-20-25-9-5-4-8-24(25)17-26(29)16-21-6-2-1-3-7-21/h1-13,26,28H,14-17,19-20H2. The van der Waals surface area contributed by atoms with Gasteiger partial charge in [0.1, 0.15) is 0 Å². The van der Waals surface area contributed by atoms with Crippen molar-refractivity contribution >= 4 is 0 Å². The van der Waals surface area contributed by atoms with E-state index >= 15 is 0 Å². The van der Waals surface area contributed by atoms with Crippen LogP contribution in [-0.4, -0.2) is 24.0 Å². The molecule has 1 aliphatic rings. The van der Waals surface area contributed by atoms with Crippen molar-refractivity contribution in [3.8, 4) is 6.07 Å². The predicted molar refractivity (Wildman–Crippen MR) is 117 cm³/mol. The van der Waals surface area contributed by atoms with Crippen molar-refractivity contribution < 1.29 is 0 Å². The van der Waals surface area contributed by atoms with Gasteiger partial charge in [0, 0.05) is 32.2 Å². The highest BCUT2D eigenvalue weighted by Gasteiger charge is 2.25. The molecule has 146 valence electrons. The molecule has 0 spiro atoms. The summed E-state index contributed by atoms with van der Waals surface area (Å²) in [6.45, 7) is 3.83. The second-order valence-corrected chi connectivity index (χ2v) is 7.77. The van der Waals surface area contributed by atoms with E-state index in [0.29, 0.717) is 11.6 Å². The summed E-state index contributed by atoms with van der Waals surface area (Å²) in [5.74, 6) is 0. The van der Waals surface area contributed by atoms with Gasteiger partial charge < -0.3 is 5.32 Å². The first-order valence-electron chi connectivity index (χ1n) is 10.4. The molecule has 0 radical (unpaired) electrons. The van der Waals surface area contributed by atoms with Crippen LogP contribution < -0.4 is 5.32 Å². The molecule has 0 aliphatic carbocycles. The minimum atomic E-state index is 0.531. The van der Waals surface area contributed by atoms with E-state index in [2.05, 4.69) is 70.9 Å². The third-order valence-electron chi connectivity index (χ3n) is 5.77. The first-order valence-corrected chi connectivity index (χ1v) is 10.4. The molecule has 1 N–H and O–H groups in total. The number of rotatable bonds is 7. The van der Waals surface area contributed by atoms with Crippen molar-refractivity contribution in [1.82, 2.24) is 10.2 Å². The first kappa shape index (κ1) is 19.4. The van der Waals surface area contributed by atoms with Gasteiger partial charge in [0.05, 0.1) is 11.6 Å². The topological polar surface area (TPSA) is 39.1 Å². The molecule has 1 heterocycles. The minimum Gasteiger partial charge on any atom is -0.311 e. The molecule has 3 nitrogen and oxygen atoms in total. The van der Waals surface area contributed by atoms with Gasteiger partial charge in [-0.1, -0.05) is 66.7 Å². The second kappa shape index (κ2) is 9.52. The van der Waals surface area contributed by atoms with E-state index in [4.69, 9.17) is 5.26 Å². The maximum Gasteiger partial charge on any atom is 0.0991 e. The molecule has 1 atom stereocenters. The Labute approximate surface area is 173 Å². The van der Waals surface area contributed by atoms with Gasteiger partial charge in [0.25, 0.3) is 0 Å². The molecule has 3 aromatic carbocycles. The molecule has 1 aliphatic heterocycles. The second-order valence-electron chi connectivity index (χ2n) is 7.77. The number of fused-ring (bicyclic) bond motifs is 1. The van der Waals surface area contributed by atoms with Gasteiger partial charge in [0.15, 0.2) is 0 Å². The average Bonchev–Trinajstić information content (AvgIpc) is 2.78. The number of nitrogens with zero attached hydrogens (tertiary/aromatic N) is 2. The lowest BCUT2D eigenvalue weighted by Crippen LogP contribution is -2.44. The van der Waals surface area contributed by atoms with Crippen molar-refractivity contribution in [3.63, 3.8) is 0 Å². The largest absolute Gasteiger partial charge is 0.311 e. The first-order chi connectivity index (χ1) is 14.3. The third-order valence-corrected chi connectivity index (χ3v) is 5.77. The molecule has 0 bridgehead atoms. The number of hydrogen-bond donors (Lipinski definition) is 1. The minimum absolute atomic E-state index is 0.531. The van der Waals surface area contributed by atoms with Crippen molar-refractivity contribution in [2.24, 2.45) is 0 Å². The Morgan fingerprint density at radius 3 is 2.34 bits per heavy atom. The fourth-order valence-corrected chi connectivity index (χ4v) is 4.14. The van der Waals surface area contributed by atoms with Crippen LogP contribution in [-0.2, 0) is 25.9 Å². The summed E-state index contributed by atoms with van der Waals surface area (Å²) in [5.41, 5.74) is 6.30. The maximum absolute atomic E-state index is 8.92. The highest BCUT2D eigenvalue weighted by atomic mass is 15.2. The Hall–Kier alpha value is -2.93. The van der Waals surface area contributed by atoms with Gasteiger partial charge in [-0.2, -0.15) is 5.26 Å². The molecule has 1 unspecified atom stereocenters. The molecule has 0 saturated carbocycles. The van der Waals surface area contributed by atoms with Crippen LogP contribution in [0, 0.1) is 11.3 Å². The van der Waals surface area contributed by atoms with Crippen LogP contribution in [0.5, 0.6) is 0 Å². The molecule has 0 saturated heterocycles. The number of nitrogens with one attached hydrogen (secondary N) is 1. The highest BCUT2D eigenvalue weighted by molar-refractivity contribution is 5.32. The highest BCUT2D eigenvalue weighted by Crippen LogP contribution is 2.25. The summed E-state index contributed by atoms with van der Waals surface area (Å²) < 4.78 is 0. The third kappa shape index (κ3) is 5.12. The average molecular weight is 382 g/mol. The lowest BCUT2D eigenvalue weighted by molar-refractivity contribution is 0.170. The van der Waals surface area contributed by atoms with E-state index in [-0.39, 0.29) is 0 Å². The summed E-state index contributed by atoms with van der Waals surface area (Å²) in [6, 6.07) is 30.2. The zero-order valence-corrected chi connectivity index (χ0v) is 16.7. The molecular formula is C26H27N3. The molecule has 0 aromatic heterocycles. The fraction of sp³-hybridized carbons (Fsp3) is 0.269. The molecular weight excluding hydrogens is 354 g/mol. The molecule has 3 heteroatoms. The van der Waals surface area contributed by atoms with Crippen molar-refractivity contribution in [3.05, 3.63) is 107 Å². The number of benzene rings is 3. The lowest BCUT2D eigenvalue weighted by Gasteiger charge is -2.37. The Bertz CT molecular complexity index is 957. The van der Waals surface area contributed by atoms with E-state index in [0.717, 1.165) is 39.0 Å². The predicted octanol–water partition coefficient (Wildman–Crippen LogP) is 4.32. The molecule has 4 rings (SSSR count). The van der Waals surface area contributed by atoms with Crippen LogP contribution in [0.1, 0.15) is 27.8 Å². The molecule has 0 amide bonds. The van der Waals surface area contributed by atoms with Crippen LogP contribution in [0.3, 0.4) is 0 Å². The fourth-order valence-electron chi connectivity index (χ4n) is 4.14. The zero-order valence-electron chi connectivity index (χ0n) is 16.7. The van der Waals surface area contributed by atoms with E-state index in [9.17, 15) is 0 Å². The summed E-state index contributed by atoms with van der Waals surface area (Å²) >= 11 is 0. The van der Waals surface area contributed by atoms with Crippen LogP contribution in [0.15, 0.2) is 78.9 Å². The smallest absolute Gasteiger partial charge is 0.0991 e. The van der Waals surface area contributed by atoms with E-state index in [1.54, 1.807) is 0 Å². The van der Waals surface area contributed by atoms with Gasteiger partial charge in [-0.05, 0) is 47.2 Å². The SMILES string of the molecule is N#Cc1ccc(CNCCN2Cc3ccccc3CC2Cc2ccccc2)cc1. The molecule has 3 aromatic rings. The Kier molecular flexibility index (Phi) is 6.36. The summed E-state index contributed by atoms with van der Waals surface area (Å²) in [5, 5.41) is 12.5. The summed E-state index contributed by atoms with van der Waals surface area (Å²) in [6.07, 6.45) is 2.20. The zero-order chi connectivity index (χ0) is 19.9. The molecule has 0 fully saturated rings. The van der Waals surface area contributed by atoms with Gasteiger partial charge >= 0.3 is 0 Å². The van der Waals surface area contributed by atoms with Crippen molar-refractivity contribution in [2.45, 2.75) is 32.0 Å². The monoisotopic (exact) mass is 381 g/mol.